The number of benzene rings is 3. The van der Waals surface area contributed by atoms with Gasteiger partial charge in [-0.2, -0.15) is 0 Å². The van der Waals surface area contributed by atoms with Crippen LogP contribution in [0.2, 0.25) is 0 Å². The summed E-state index contributed by atoms with van der Waals surface area (Å²) in [5.41, 5.74) is 3.18. The Morgan fingerprint density at radius 1 is 0.949 bits per heavy atom. The molecule has 0 spiro atoms. The van der Waals surface area contributed by atoms with Crippen LogP contribution in [0.5, 0.6) is 17.2 Å². The summed E-state index contributed by atoms with van der Waals surface area (Å²) in [4.78, 5) is 51.2. The molecule has 0 aliphatic carbocycles. The van der Waals surface area contributed by atoms with Crippen LogP contribution in [0.1, 0.15) is 23.6 Å². The zero-order valence-corrected chi connectivity index (χ0v) is 21.6. The highest BCUT2D eigenvalue weighted by Crippen LogP contribution is 2.30. The van der Waals surface area contributed by atoms with Crippen LogP contribution in [-0.4, -0.2) is 42.1 Å². The van der Waals surface area contributed by atoms with Crippen LogP contribution in [-0.2, 0) is 14.4 Å². The monoisotopic (exact) mass is 529 g/mol. The minimum absolute atomic E-state index is 0.0380. The number of aryl methyl sites for hydroxylation is 2. The summed E-state index contributed by atoms with van der Waals surface area (Å²) in [6.07, 6.45) is 1.33. The number of aromatic hydroxyl groups is 1. The molecule has 1 aliphatic heterocycles. The molecule has 10 nitrogen and oxygen atoms in total. The summed E-state index contributed by atoms with van der Waals surface area (Å²) in [5.74, 6) is -1.45. The molecule has 1 fully saturated rings. The van der Waals surface area contributed by atoms with E-state index in [0.717, 1.165) is 16.0 Å². The van der Waals surface area contributed by atoms with E-state index in [-0.39, 0.29) is 29.5 Å². The first-order chi connectivity index (χ1) is 18.7. The highest BCUT2D eigenvalue weighted by molar-refractivity contribution is 6.39. The van der Waals surface area contributed by atoms with Gasteiger partial charge in [0.25, 0.3) is 17.7 Å². The summed E-state index contributed by atoms with van der Waals surface area (Å²) in [7, 11) is 0. The summed E-state index contributed by atoms with van der Waals surface area (Å²) in [6.45, 7) is 5.76. The Kier molecular flexibility index (Phi) is 7.95. The molecule has 0 saturated carbocycles. The molecule has 3 N–H and O–H groups in total. The molecular weight excluding hydrogens is 502 g/mol. The first-order valence-electron chi connectivity index (χ1n) is 12.1. The number of imide groups is 2. The maximum absolute atomic E-state index is 13.1. The number of phenols is 1. The van der Waals surface area contributed by atoms with Gasteiger partial charge in [-0.1, -0.05) is 12.1 Å². The lowest BCUT2D eigenvalue weighted by molar-refractivity contribution is -0.122. The van der Waals surface area contributed by atoms with E-state index in [9.17, 15) is 24.3 Å². The van der Waals surface area contributed by atoms with Crippen molar-refractivity contribution in [2.24, 2.45) is 0 Å². The molecule has 1 heterocycles. The average molecular weight is 530 g/mol. The highest BCUT2D eigenvalue weighted by Gasteiger charge is 2.36. The first kappa shape index (κ1) is 26.9. The Hall–Kier alpha value is -5.12. The molecule has 5 amide bonds. The van der Waals surface area contributed by atoms with Crippen molar-refractivity contribution < 1.29 is 33.8 Å². The fraction of sp³-hybridized carbons (Fsp3) is 0.172. The Bertz CT molecular complexity index is 1480. The summed E-state index contributed by atoms with van der Waals surface area (Å²) in [6, 6.07) is 14.8. The third kappa shape index (κ3) is 6.24. The number of hydrogen-bond donors (Lipinski definition) is 3. The van der Waals surface area contributed by atoms with Crippen molar-refractivity contribution in [3.63, 3.8) is 0 Å². The number of barbiturate groups is 1. The lowest BCUT2D eigenvalue weighted by Gasteiger charge is -2.26. The van der Waals surface area contributed by atoms with Crippen molar-refractivity contribution in [2.75, 3.05) is 23.4 Å². The van der Waals surface area contributed by atoms with E-state index >= 15 is 0 Å². The molecule has 0 radical (unpaired) electrons. The molecule has 10 heteroatoms. The lowest BCUT2D eigenvalue weighted by Crippen LogP contribution is -2.54. The smallest absolute Gasteiger partial charge is 0.335 e. The molecule has 39 heavy (non-hydrogen) atoms. The number of amides is 5. The van der Waals surface area contributed by atoms with Crippen LogP contribution in [0.15, 0.2) is 66.2 Å². The predicted octanol–water partition coefficient (Wildman–Crippen LogP) is 4.09. The van der Waals surface area contributed by atoms with Crippen molar-refractivity contribution in [1.29, 1.82) is 0 Å². The SMILES string of the molecule is CCOc1cc(/C=C2/C(=O)NC(=O)N(c3ccc(O)cc3)C2=O)ccc1OCC(=O)Nc1ccc(C)c(C)c1. The van der Waals surface area contributed by atoms with Gasteiger partial charge in [0.2, 0.25) is 0 Å². The number of ether oxygens (including phenoxy) is 2. The molecule has 200 valence electrons. The third-order valence-corrected chi connectivity index (χ3v) is 5.94. The number of phenolic OH excluding ortho intramolecular Hbond substituents is 1. The molecule has 0 aromatic heterocycles. The summed E-state index contributed by atoms with van der Waals surface area (Å²) >= 11 is 0. The van der Waals surface area contributed by atoms with Crippen molar-refractivity contribution in [2.45, 2.75) is 20.8 Å². The van der Waals surface area contributed by atoms with E-state index in [1.165, 1.54) is 30.3 Å². The average Bonchev–Trinajstić information content (AvgIpc) is 2.89. The molecule has 3 aromatic carbocycles. The van der Waals surface area contributed by atoms with E-state index in [1.807, 2.05) is 32.0 Å². The topological polar surface area (TPSA) is 134 Å². The normalized spacial score (nSPS) is 14.3. The number of carbonyl (C=O) groups is 4. The van der Waals surface area contributed by atoms with Crippen LogP contribution < -0.4 is 25.0 Å². The van der Waals surface area contributed by atoms with Crippen molar-refractivity contribution >= 4 is 41.2 Å². The Labute approximate surface area is 224 Å². The number of nitrogens with zero attached hydrogens (tertiary/aromatic N) is 1. The van der Waals surface area contributed by atoms with Crippen molar-refractivity contribution in [3.8, 4) is 17.2 Å². The van der Waals surface area contributed by atoms with Gasteiger partial charge in [-0.25, -0.2) is 9.69 Å². The van der Waals surface area contributed by atoms with Crippen molar-refractivity contribution in [3.05, 3.63) is 82.9 Å². The number of urea groups is 1. The zero-order valence-electron chi connectivity index (χ0n) is 21.6. The lowest BCUT2D eigenvalue weighted by atomic mass is 10.1. The summed E-state index contributed by atoms with van der Waals surface area (Å²) < 4.78 is 11.3. The maximum atomic E-state index is 13.1. The zero-order chi connectivity index (χ0) is 28.1. The first-order valence-corrected chi connectivity index (χ1v) is 12.1. The van der Waals surface area contributed by atoms with Gasteiger partial charge in [-0.3, -0.25) is 19.7 Å². The molecule has 1 aliphatic rings. The van der Waals surface area contributed by atoms with E-state index in [1.54, 1.807) is 25.1 Å². The maximum Gasteiger partial charge on any atom is 0.335 e. The van der Waals surface area contributed by atoms with Crippen LogP contribution in [0.4, 0.5) is 16.2 Å². The highest BCUT2D eigenvalue weighted by atomic mass is 16.5. The van der Waals surface area contributed by atoms with Crippen LogP contribution in [0.25, 0.3) is 6.08 Å². The number of carbonyl (C=O) groups excluding carboxylic acids is 4. The van der Waals surface area contributed by atoms with Gasteiger partial charge in [0.1, 0.15) is 11.3 Å². The largest absolute Gasteiger partial charge is 0.508 e. The summed E-state index contributed by atoms with van der Waals surface area (Å²) in [5, 5.41) is 14.4. The molecule has 0 atom stereocenters. The standard InChI is InChI=1S/C29H27N3O7/c1-4-38-25-15-19(6-12-24(25)39-16-26(34)30-20-7-5-17(2)18(3)13-20)14-23-27(35)31-29(37)32(28(23)36)21-8-10-22(33)11-9-21/h5-15,33H,4,16H2,1-3H3,(H,30,34)(H,31,35,37)/b23-14-. The number of anilines is 2. The van der Waals surface area contributed by atoms with Gasteiger partial charge < -0.3 is 19.9 Å². The molecule has 3 aromatic rings. The van der Waals surface area contributed by atoms with Gasteiger partial charge in [-0.15, -0.1) is 0 Å². The molecule has 1 saturated heterocycles. The fourth-order valence-electron chi connectivity index (χ4n) is 3.82. The van der Waals surface area contributed by atoms with Gasteiger partial charge in [0, 0.05) is 5.69 Å². The minimum Gasteiger partial charge on any atom is -0.508 e. The Morgan fingerprint density at radius 2 is 1.69 bits per heavy atom. The van der Waals surface area contributed by atoms with Gasteiger partial charge in [0.05, 0.1) is 12.3 Å². The fourth-order valence-corrected chi connectivity index (χ4v) is 3.82. The van der Waals surface area contributed by atoms with E-state index in [0.29, 0.717) is 29.4 Å². The second kappa shape index (κ2) is 11.5. The number of hydrogen-bond acceptors (Lipinski definition) is 7. The van der Waals surface area contributed by atoms with Gasteiger partial charge in [-0.05, 0) is 92.1 Å². The van der Waals surface area contributed by atoms with Gasteiger partial charge in [0.15, 0.2) is 18.1 Å². The molecule has 4 rings (SSSR count). The quantitative estimate of drug-likeness (QED) is 0.296. The molecule has 0 bridgehead atoms. The second-order valence-corrected chi connectivity index (χ2v) is 8.75. The Morgan fingerprint density at radius 3 is 2.38 bits per heavy atom. The number of rotatable bonds is 8. The predicted molar refractivity (Wildman–Crippen MR) is 145 cm³/mol. The van der Waals surface area contributed by atoms with E-state index in [2.05, 4.69) is 10.6 Å². The van der Waals surface area contributed by atoms with Gasteiger partial charge >= 0.3 is 6.03 Å². The Balaban J connectivity index is 1.52. The third-order valence-electron chi connectivity index (χ3n) is 5.94. The van der Waals surface area contributed by atoms with E-state index in [4.69, 9.17) is 9.47 Å². The second-order valence-electron chi connectivity index (χ2n) is 8.75. The molecular formula is C29H27N3O7. The number of nitrogens with one attached hydrogen (secondary N) is 2. The van der Waals surface area contributed by atoms with E-state index < -0.39 is 17.8 Å². The van der Waals surface area contributed by atoms with Crippen LogP contribution in [0.3, 0.4) is 0 Å². The minimum atomic E-state index is -0.898. The van der Waals surface area contributed by atoms with Crippen LogP contribution in [0, 0.1) is 13.8 Å². The van der Waals surface area contributed by atoms with Crippen molar-refractivity contribution in [1.82, 2.24) is 5.32 Å². The molecule has 0 unspecified atom stereocenters. The van der Waals surface area contributed by atoms with Crippen LogP contribution >= 0.6 is 0 Å².